The molecule has 0 saturated carbocycles. The van der Waals surface area contributed by atoms with Gasteiger partial charge in [0.05, 0.1) is 28.1 Å². The summed E-state index contributed by atoms with van der Waals surface area (Å²) in [5.41, 5.74) is 3.74. The number of esters is 1. The molecule has 0 bridgehead atoms. The topological polar surface area (TPSA) is 67.1 Å². The van der Waals surface area contributed by atoms with Crippen LogP contribution in [0.4, 0.5) is 21.5 Å². The van der Waals surface area contributed by atoms with Crippen molar-refractivity contribution in [3.05, 3.63) is 72.0 Å². The molecule has 4 aromatic rings. The number of azo groups is 1. The number of fused-ring (bicyclic) bond motifs is 1. The van der Waals surface area contributed by atoms with Crippen LogP contribution in [-0.2, 0) is 4.74 Å². The third-order valence-corrected chi connectivity index (χ3v) is 7.01. The van der Waals surface area contributed by atoms with E-state index in [-0.39, 0.29) is 11.7 Å². The van der Waals surface area contributed by atoms with Crippen LogP contribution < -0.4 is 4.90 Å². The summed E-state index contributed by atoms with van der Waals surface area (Å²) >= 11 is 1.40. The number of ether oxygens (including phenoxy) is 1. The van der Waals surface area contributed by atoms with Gasteiger partial charge in [0.25, 0.3) is 0 Å². The Labute approximate surface area is 220 Å². The molecular weight excluding hydrogens is 487 g/mol. The fourth-order valence-electron chi connectivity index (χ4n) is 3.78. The zero-order chi connectivity index (χ0) is 26.2. The molecule has 8 heteroatoms. The van der Waals surface area contributed by atoms with Crippen LogP contribution in [-0.4, -0.2) is 31.7 Å². The van der Waals surface area contributed by atoms with Crippen LogP contribution in [0.1, 0.15) is 49.4 Å². The van der Waals surface area contributed by atoms with E-state index in [1.807, 2.05) is 43.3 Å². The molecule has 0 atom stereocenters. The predicted molar refractivity (Wildman–Crippen MR) is 149 cm³/mol. The Bertz CT molecular complexity index is 1380. The lowest BCUT2D eigenvalue weighted by atomic mass is 10.2. The molecule has 0 aliphatic rings. The Morgan fingerprint density at radius 1 is 0.973 bits per heavy atom. The zero-order valence-corrected chi connectivity index (χ0v) is 22.2. The SMILES string of the molecule is CCCCCCCOC(=O)c1ccc2nc(-c3ccc(/N=N/c4ccc(N(C)C)cc4)c(F)c3)sc2c1. The lowest BCUT2D eigenvalue weighted by Gasteiger charge is -2.11. The van der Waals surface area contributed by atoms with Gasteiger partial charge < -0.3 is 9.64 Å². The number of unbranched alkanes of at least 4 members (excludes halogenated alkanes) is 4. The maximum Gasteiger partial charge on any atom is 0.338 e. The summed E-state index contributed by atoms with van der Waals surface area (Å²) in [5, 5.41) is 8.89. The summed E-state index contributed by atoms with van der Waals surface area (Å²) in [6.45, 7) is 2.60. The van der Waals surface area contributed by atoms with E-state index in [2.05, 4.69) is 22.1 Å². The lowest BCUT2D eigenvalue weighted by molar-refractivity contribution is 0.0498. The van der Waals surface area contributed by atoms with Crippen LogP contribution in [0.3, 0.4) is 0 Å². The van der Waals surface area contributed by atoms with Crippen LogP contribution in [0.25, 0.3) is 20.8 Å². The van der Waals surface area contributed by atoms with Gasteiger partial charge in [-0.1, -0.05) is 32.6 Å². The number of rotatable bonds is 11. The van der Waals surface area contributed by atoms with E-state index in [0.29, 0.717) is 28.4 Å². The van der Waals surface area contributed by atoms with Crippen molar-refractivity contribution in [2.75, 3.05) is 25.6 Å². The second-order valence-electron chi connectivity index (χ2n) is 9.03. The number of hydrogen-bond donors (Lipinski definition) is 0. The number of halogens is 1. The molecule has 1 aromatic heterocycles. The molecule has 37 heavy (non-hydrogen) atoms. The van der Waals surface area contributed by atoms with Crippen LogP contribution in [0.15, 0.2) is 70.9 Å². The van der Waals surface area contributed by atoms with E-state index in [9.17, 15) is 9.18 Å². The number of thiazole rings is 1. The summed E-state index contributed by atoms with van der Waals surface area (Å²) in [6.07, 6.45) is 5.51. The van der Waals surface area contributed by atoms with Crippen molar-refractivity contribution < 1.29 is 13.9 Å². The Hall–Kier alpha value is -3.65. The summed E-state index contributed by atoms with van der Waals surface area (Å²) in [4.78, 5) is 19.0. The second kappa shape index (κ2) is 12.5. The first kappa shape index (κ1) is 26.4. The van der Waals surface area contributed by atoms with Crippen LogP contribution in [0.2, 0.25) is 0 Å². The number of carbonyl (C=O) groups excluding carboxylic acids is 1. The molecule has 0 saturated heterocycles. The number of nitrogens with zero attached hydrogens (tertiary/aromatic N) is 4. The normalized spacial score (nSPS) is 11.4. The molecule has 192 valence electrons. The van der Waals surface area contributed by atoms with E-state index in [1.165, 1.54) is 36.7 Å². The molecular formula is C29H31FN4O2S. The van der Waals surface area contributed by atoms with Gasteiger partial charge in [-0.05, 0) is 67.1 Å². The first-order valence-corrected chi connectivity index (χ1v) is 13.3. The first-order valence-electron chi connectivity index (χ1n) is 12.5. The third-order valence-electron chi connectivity index (χ3n) is 5.94. The predicted octanol–water partition coefficient (Wildman–Crippen LogP) is 8.71. The molecule has 0 aliphatic heterocycles. The van der Waals surface area contributed by atoms with Gasteiger partial charge in [0.1, 0.15) is 10.7 Å². The minimum Gasteiger partial charge on any atom is -0.462 e. The molecule has 1 heterocycles. The van der Waals surface area contributed by atoms with Gasteiger partial charge in [0.2, 0.25) is 0 Å². The quantitative estimate of drug-likeness (QED) is 0.113. The fraction of sp³-hybridized carbons (Fsp3) is 0.310. The van der Waals surface area contributed by atoms with Gasteiger partial charge in [-0.25, -0.2) is 14.2 Å². The lowest BCUT2D eigenvalue weighted by Crippen LogP contribution is -2.07. The Kier molecular flexibility index (Phi) is 8.95. The average Bonchev–Trinajstić information content (AvgIpc) is 3.33. The molecule has 4 rings (SSSR count). The minimum atomic E-state index is -0.478. The van der Waals surface area contributed by atoms with Crippen molar-refractivity contribution in [2.24, 2.45) is 10.2 Å². The van der Waals surface area contributed by atoms with E-state index in [0.717, 1.165) is 28.7 Å². The molecule has 0 N–H and O–H groups in total. The van der Waals surface area contributed by atoms with E-state index < -0.39 is 5.82 Å². The van der Waals surface area contributed by atoms with Crippen molar-refractivity contribution in [1.29, 1.82) is 0 Å². The van der Waals surface area contributed by atoms with Crippen LogP contribution >= 0.6 is 11.3 Å². The molecule has 6 nitrogen and oxygen atoms in total. The Balaban J connectivity index is 1.42. The highest BCUT2D eigenvalue weighted by molar-refractivity contribution is 7.21. The smallest absolute Gasteiger partial charge is 0.338 e. The number of hydrogen-bond acceptors (Lipinski definition) is 7. The van der Waals surface area contributed by atoms with Gasteiger partial charge in [-0.15, -0.1) is 16.5 Å². The monoisotopic (exact) mass is 518 g/mol. The van der Waals surface area contributed by atoms with E-state index >= 15 is 0 Å². The van der Waals surface area contributed by atoms with Crippen molar-refractivity contribution in [2.45, 2.75) is 39.0 Å². The summed E-state index contributed by atoms with van der Waals surface area (Å²) in [5.74, 6) is -0.807. The fourth-order valence-corrected chi connectivity index (χ4v) is 4.78. The summed E-state index contributed by atoms with van der Waals surface area (Å²) in [7, 11) is 3.92. The van der Waals surface area contributed by atoms with Crippen LogP contribution in [0, 0.1) is 5.82 Å². The standard InChI is InChI=1S/C29H31FN4O2S/c1-4-5-6-7-8-17-36-29(35)21-10-16-26-27(19-21)37-28(31-26)20-9-15-25(24(30)18-20)33-32-22-11-13-23(14-12-22)34(2)3/h9-16,18-19H,4-8,17H2,1-3H3/b33-32+. The van der Waals surface area contributed by atoms with Gasteiger partial charge in [0, 0.05) is 25.3 Å². The first-order chi connectivity index (χ1) is 17.9. The van der Waals surface area contributed by atoms with Crippen molar-refractivity contribution >= 4 is 44.6 Å². The molecule has 0 fully saturated rings. The van der Waals surface area contributed by atoms with Gasteiger partial charge in [-0.3, -0.25) is 0 Å². The highest BCUT2D eigenvalue weighted by Crippen LogP contribution is 2.33. The zero-order valence-electron chi connectivity index (χ0n) is 21.4. The Morgan fingerprint density at radius 2 is 1.76 bits per heavy atom. The molecule has 0 unspecified atom stereocenters. The largest absolute Gasteiger partial charge is 0.462 e. The second-order valence-corrected chi connectivity index (χ2v) is 10.1. The van der Waals surface area contributed by atoms with Crippen molar-refractivity contribution in [3.63, 3.8) is 0 Å². The average molecular weight is 519 g/mol. The number of anilines is 1. The maximum atomic E-state index is 14.8. The van der Waals surface area contributed by atoms with Crippen molar-refractivity contribution in [3.8, 4) is 10.6 Å². The van der Waals surface area contributed by atoms with Gasteiger partial charge in [-0.2, -0.15) is 5.11 Å². The van der Waals surface area contributed by atoms with E-state index in [4.69, 9.17) is 4.74 Å². The van der Waals surface area contributed by atoms with Gasteiger partial charge >= 0.3 is 5.97 Å². The summed E-state index contributed by atoms with van der Waals surface area (Å²) in [6, 6.07) is 17.6. The highest BCUT2D eigenvalue weighted by Gasteiger charge is 2.13. The number of aromatic nitrogens is 1. The Morgan fingerprint density at radius 3 is 2.49 bits per heavy atom. The minimum absolute atomic E-state index is 0.154. The summed E-state index contributed by atoms with van der Waals surface area (Å²) < 4.78 is 21.1. The molecule has 0 spiro atoms. The number of carbonyl (C=O) groups is 1. The molecule has 3 aromatic carbocycles. The number of benzene rings is 3. The molecule has 0 radical (unpaired) electrons. The van der Waals surface area contributed by atoms with E-state index in [1.54, 1.807) is 30.3 Å². The van der Waals surface area contributed by atoms with Gasteiger partial charge in [0.15, 0.2) is 5.82 Å². The molecule has 0 aliphatic carbocycles. The maximum absolute atomic E-state index is 14.8. The highest BCUT2D eigenvalue weighted by atomic mass is 32.1. The van der Waals surface area contributed by atoms with Crippen molar-refractivity contribution in [1.82, 2.24) is 4.98 Å². The van der Waals surface area contributed by atoms with Crippen LogP contribution in [0.5, 0.6) is 0 Å². The molecule has 0 amide bonds. The third kappa shape index (κ3) is 6.98.